The van der Waals surface area contributed by atoms with Gasteiger partial charge in [-0.2, -0.15) is 18.3 Å². The van der Waals surface area contributed by atoms with Gasteiger partial charge in [0.1, 0.15) is 5.69 Å². The van der Waals surface area contributed by atoms with Gasteiger partial charge in [-0.05, 0) is 37.8 Å². The van der Waals surface area contributed by atoms with E-state index in [1.54, 1.807) is 0 Å². The Bertz CT molecular complexity index is 787. The Morgan fingerprint density at radius 3 is 2.32 bits per heavy atom. The van der Waals surface area contributed by atoms with Crippen molar-refractivity contribution in [2.45, 2.75) is 44.2 Å². The number of nitrogens with zero attached hydrogens (tertiary/aromatic N) is 1. The van der Waals surface area contributed by atoms with Crippen molar-refractivity contribution >= 4 is 11.6 Å². The Labute approximate surface area is 142 Å². The fraction of sp³-hybridized carbons (Fsp3) is 0.444. The molecular weight excluding hydrogens is 331 g/mol. The minimum absolute atomic E-state index is 0.0253. The summed E-state index contributed by atoms with van der Waals surface area (Å²) in [6.45, 7) is 0. The molecule has 2 N–H and O–H groups in total. The van der Waals surface area contributed by atoms with Crippen molar-refractivity contribution in [3.8, 4) is 11.3 Å². The van der Waals surface area contributed by atoms with E-state index >= 15 is 0 Å². The second kappa shape index (κ2) is 5.89. The Morgan fingerprint density at radius 2 is 1.80 bits per heavy atom. The summed E-state index contributed by atoms with van der Waals surface area (Å²) in [6, 6.07) is 4.88. The molecule has 1 amide bonds. The van der Waals surface area contributed by atoms with Crippen LogP contribution in [-0.2, 0) is 11.0 Å². The number of halogens is 3. The second-order valence-corrected chi connectivity index (χ2v) is 6.83. The first-order valence-corrected chi connectivity index (χ1v) is 8.50. The van der Waals surface area contributed by atoms with Crippen molar-refractivity contribution in [1.29, 1.82) is 0 Å². The lowest BCUT2D eigenvalue weighted by atomic mass is 9.84. The molecule has 4 rings (SSSR count). The van der Waals surface area contributed by atoms with Crippen LogP contribution in [0.25, 0.3) is 11.3 Å². The average Bonchev–Trinajstić information content (AvgIpc) is 3.26. The number of hydrogen-bond donors (Lipinski definition) is 2. The summed E-state index contributed by atoms with van der Waals surface area (Å²) in [5, 5.41) is 10.2. The molecule has 25 heavy (non-hydrogen) atoms. The summed E-state index contributed by atoms with van der Waals surface area (Å²) < 4.78 is 38.2. The fourth-order valence-electron chi connectivity index (χ4n) is 3.07. The van der Waals surface area contributed by atoms with Crippen LogP contribution in [0.2, 0.25) is 0 Å². The van der Waals surface area contributed by atoms with Gasteiger partial charge < -0.3 is 5.32 Å². The molecule has 7 heteroatoms. The highest BCUT2D eigenvalue weighted by Gasteiger charge is 2.34. The average molecular weight is 349 g/mol. The summed E-state index contributed by atoms with van der Waals surface area (Å²) >= 11 is 0. The maximum Gasteiger partial charge on any atom is 0.416 e. The first-order valence-electron chi connectivity index (χ1n) is 8.50. The Hall–Kier alpha value is -2.31. The van der Waals surface area contributed by atoms with Gasteiger partial charge in [-0.1, -0.05) is 18.6 Å². The van der Waals surface area contributed by atoms with Crippen molar-refractivity contribution in [3.05, 3.63) is 35.5 Å². The molecule has 0 unspecified atom stereocenters. The van der Waals surface area contributed by atoms with Crippen LogP contribution in [0.4, 0.5) is 18.9 Å². The monoisotopic (exact) mass is 349 g/mol. The number of hydrogen-bond acceptors (Lipinski definition) is 2. The number of rotatable bonds is 4. The third-order valence-electron chi connectivity index (χ3n) is 4.99. The zero-order chi connectivity index (χ0) is 17.6. The third kappa shape index (κ3) is 3.15. The maximum atomic E-state index is 12.7. The minimum atomic E-state index is -4.37. The van der Waals surface area contributed by atoms with Gasteiger partial charge in [-0.25, -0.2) is 0 Å². The van der Waals surface area contributed by atoms with E-state index in [0.29, 0.717) is 22.9 Å². The smallest absolute Gasteiger partial charge is 0.322 e. The van der Waals surface area contributed by atoms with E-state index in [1.165, 1.54) is 12.1 Å². The molecule has 4 nitrogen and oxygen atoms in total. The van der Waals surface area contributed by atoms with Crippen molar-refractivity contribution < 1.29 is 18.0 Å². The molecule has 2 aliphatic carbocycles. The summed E-state index contributed by atoms with van der Waals surface area (Å²) in [7, 11) is 0. The zero-order valence-electron chi connectivity index (χ0n) is 13.5. The van der Waals surface area contributed by atoms with Gasteiger partial charge in [0.2, 0.25) is 5.91 Å². The molecule has 0 spiro atoms. The Kier molecular flexibility index (Phi) is 3.81. The third-order valence-corrected chi connectivity index (χ3v) is 4.99. The second-order valence-electron chi connectivity index (χ2n) is 6.83. The van der Waals surface area contributed by atoms with Crippen LogP contribution in [0.5, 0.6) is 0 Å². The van der Waals surface area contributed by atoms with E-state index in [2.05, 4.69) is 15.5 Å². The van der Waals surface area contributed by atoms with Gasteiger partial charge in [-0.3, -0.25) is 9.89 Å². The van der Waals surface area contributed by atoms with Crippen LogP contribution >= 0.6 is 0 Å². The predicted molar refractivity (Wildman–Crippen MR) is 87.0 cm³/mol. The maximum absolute atomic E-state index is 12.7. The highest BCUT2D eigenvalue weighted by molar-refractivity contribution is 5.97. The molecule has 1 heterocycles. The van der Waals surface area contributed by atoms with E-state index in [4.69, 9.17) is 0 Å². The summed E-state index contributed by atoms with van der Waals surface area (Å²) in [5.74, 6) is 0.345. The molecule has 132 valence electrons. The van der Waals surface area contributed by atoms with Crippen LogP contribution in [-0.4, -0.2) is 16.1 Å². The molecule has 0 atom stereocenters. The Morgan fingerprint density at radius 1 is 1.12 bits per heavy atom. The van der Waals surface area contributed by atoms with Crippen LogP contribution < -0.4 is 5.32 Å². The molecule has 2 aliphatic rings. The SMILES string of the molecule is O=C(Nc1c(-c2ccc(C(F)(F)F)cc2)n[nH]c1C1CC1)C1CCC1. The predicted octanol–water partition coefficient (Wildman–Crippen LogP) is 4.71. The number of anilines is 1. The topological polar surface area (TPSA) is 57.8 Å². The van der Waals surface area contributed by atoms with Gasteiger partial charge in [0.25, 0.3) is 0 Å². The highest BCUT2D eigenvalue weighted by atomic mass is 19.4. The molecule has 1 aromatic heterocycles. The van der Waals surface area contributed by atoms with Crippen LogP contribution in [0, 0.1) is 5.92 Å². The first kappa shape index (κ1) is 16.2. The molecule has 0 radical (unpaired) electrons. The minimum Gasteiger partial charge on any atom is -0.322 e. The number of amides is 1. The number of aromatic amines is 1. The zero-order valence-corrected chi connectivity index (χ0v) is 13.5. The molecule has 0 bridgehead atoms. The number of nitrogens with one attached hydrogen (secondary N) is 2. The van der Waals surface area contributed by atoms with Gasteiger partial charge >= 0.3 is 6.18 Å². The van der Waals surface area contributed by atoms with E-state index < -0.39 is 11.7 Å². The lowest BCUT2D eigenvalue weighted by Gasteiger charge is -2.24. The Balaban J connectivity index is 1.65. The van der Waals surface area contributed by atoms with E-state index in [1.807, 2.05) is 0 Å². The van der Waals surface area contributed by atoms with Crippen molar-refractivity contribution in [2.24, 2.45) is 5.92 Å². The van der Waals surface area contributed by atoms with Gasteiger partial charge in [0, 0.05) is 17.4 Å². The molecule has 0 saturated heterocycles. The van der Waals surface area contributed by atoms with Gasteiger partial charge in [0.15, 0.2) is 0 Å². The highest BCUT2D eigenvalue weighted by Crippen LogP contribution is 2.45. The summed E-state index contributed by atoms with van der Waals surface area (Å²) in [4.78, 5) is 12.4. The lowest BCUT2D eigenvalue weighted by molar-refractivity contribution is -0.137. The number of H-pyrrole nitrogens is 1. The lowest BCUT2D eigenvalue weighted by Crippen LogP contribution is -2.28. The van der Waals surface area contributed by atoms with Crippen molar-refractivity contribution in [2.75, 3.05) is 5.32 Å². The van der Waals surface area contributed by atoms with Crippen molar-refractivity contribution in [1.82, 2.24) is 10.2 Å². The number of alkyl halides is 3. The van der Waals surface area contributed by atoms with E-state index in [9.17, 15) is 18.0 Å². The van der Waals surface area contributed by atoms with E-state index in [-0.39, 0.29) is 11.8 Å². The number of benzene rings is 1. The van der Waals surface area contributed by atoms with Crippen LogP contribution in [0.3, 0.4) is 0 Å². The molecule has 2 fully saturated rings. The summed E-state index contributed by atoms with van der Waals surface area (Å²) in [5.41, 5.74) is 1.86. The molecule has 2 aromatic rings. The largest absolute Gasteiger partial charge is 0.416 e. The molecule has 0 aliphatic heterocycles. The number of aromatic nitrogens is 2. The molecule has 1 aromatic carbocycles. The van der Waals surface area contributed by atoms with Gasteiger partial charge in [-0.15, -0.1) is 0 Å². The summed E-state index contributed by atoms with van der Waals surface area (Å²) in [6.07, 6.45) is 0.521. The fourth-order valence-corrected chi connectivity index (χ4v) is 3.07. The van der Waals surface area contributed by atoms with Crippen molar-refractivity contribution in [3.63, 3.8) is 0 Å². The number of carbonyl (C=O) groups is 1. The molecule has 2 saturated carbocycles. The standard InChI is InChI=1S/C18H18F3N3O/c19-18(20,21)13-8-6-11(7-9-13)15-16(14(23-24-15)10-4-5-10)22-17(25)12-2-1-3-12/h6-10,12H,1-5H2,(H,22,25)(H,23,24). The van der Waals surface area contributed by atoms with Crippen LogP contribution in [0.1, 0.15) is 49.3 Å². The number of carbonyl (C=O) groups excluding carboxylic acids is 1. The normalized spacial score (nSPS) is 18.0. The first-order chi connectivity index (χ1) is 11.9. The van der Waals surface area contributed by atoms with E-state index in [0.717, 1.165) is 49.9 Å². The quantitative estimate of drug-likeness (QED) is 0.840. The molecular formula is C18H18F3N3O. The van der Waals surface area contributed by atoms with Gasteiger partial charge in [0.05, 0.1) is 16.9 Å². The van der Waals surface area contributed by atoms with Crippen LogP contribution in [0.15, 0.2) is 24.3 Å².